The number of aryl methyl sites for hydroxylation is 2. The molecular formula is C21H20N6O2S. The van der Waals surface area contributed by atoms with Crippen LogP contribution in [0.4, 0.5) is 17.2 Å². The van der Waals surface area contributed by atoms with Crippen molar-refractivity contribution < 1.29 is 8.42 Å². The first-order chi connectivity index (χ1) is 14.4. The second kappa shape index (κ2) is 7.96. The standard InChI is InChI=1S/C21H20N6O2S/c1-15-4-3-5-19(12-15)30(28,29)26-18-8-6-17(7-9-18)25-20-13-21(24-16(2)23-20)27-11-10-22-14-27/h3-14,26H,1-2H3,(H,23,24,25). The van der Waals surface area contributed by atoms with Gasteiger partial charge >= 0.3 is 0 Å². The van der Waals surface area contributed by atoms with Crippen molar-refractivity contribution >= 4 is 27.2 Å². The number of nitrogens with one attached hydrogen (secondary N) is 2. The fraction of sp³-hybridized carbons (Fsp3) is 0.0952. The van der Waals surface area contributed by atoms with Crippen LogP contribution < -0.4 is 10.0 Å². The lowest BCUT2D eigenvalue weighted by Crippen LogP contribution is -2.13. The van der Waals surface area contributed by atoms with Gasteiger partial charge in [0.25, 0.3) is 10.0 Å². The van der Waals surface area contributed by atoms with Crippen LogP contribution in [0.25, 0.3) is 5.82 Å². The summed E-state index contributed by atoms with van der Waals surface area (Å²) >= 11 is 0. The van der Waals surface area contributed by atoms with E-state index in [2.05, 4.69) is 25.0 Å². The number of aromatic nitrogens is 4. The molecule has 0 radical (unpaired) electrons. The second-order valence-electron chi connectivity index (χ2n) is 6.75. The Hall–Kier alpha value is -3.72. The third-order valence-electron chi connectivity index (χ3n) is 4.30. The van der Waals surface area contributed by atoms with E-state index in [0.717, 1.165) is 11.3 Å². The first kappa shape index (κ1) is 19.6. The summed E-state index contributed by atoms with van der Waals surface area (Å²) in [6.07, 6.45) is 5.16. The highest BCUT2D eigenvalue weighted by Crippen LogP contribution is 2.22. The number of sulfonamides is 1. The van der Waals surface area contributed by atoms with Crippen molar-refractivity contribution in [3.63, 3.8) is 0 Å². The zero-order valence-electron chi connectivity index (χ0n) is 16.4. The van der Waals surface area contributed by atoms with Gasteiger partial charge in [0, 0.05) is 29.8 Å². The average molecular weight is 420 g/mol. The highest BCUT2D eigenvalue weighted by molar-refractivity contribution is 7.92. The molecule has 152 valence electrons. The van der Waals surface area contributed by atoms with Crippen molar-refractivity contribution in [2.45, 2.75) is 18.7 Å². The highest BCUT2D eigenvalue weighted by atomic mass is 32.2. The minimum absolute atomic E-state index is 0.230. The Kier molecular flexibility index (Phi) is 5.20. The van der Waals surface area contributed by atoms with E-state index >= 15 is 0 Å². The molecule has 8 nitrogen and oxygen atoms in total. The van der Waals surface area contributed by atoms with Gasteiger partial charge in [0.05, 0.1) is 4.90 Å². The zero-order chi connectivity index (χ0) is 21.1. The van der Waals surface area contributed by atoms with E-state index in [9.17, 15) is 8.42 Å². The van der Waals surface area contributed by atoms with Crippen LogP contribution >= 0.6 is 0 Å². The smallest absolute Gasteiger partial charge is 0.261 e. The van der Waals surface area contributed by atoms with Crippen molar-refractivity contribution in [1.82, 2.24) is 19.5 Å². The van der Waals surface area contributed by atoms with Crippen LogP contribution in [0.15, 0.2) is 78.2 Å². The topological polar surface area (TPSA) is 102 Å². The SMILES string of the molecule is Cc1cccc(S(=O)(=O)Nc2ccc(Nc3cc(-n4ccnc4)nc(C)n3)cc2)c1. The van der Waals surface area contributed by atoms with Gasteiger partial charge in [0.2, 0.25) is 0 Å². The summed E-state index contributed by atoms with van der Waals surface area (Å²) in [5.74, 6) is 1.94. The number of imidazole rings is 1. The predicted octanol–water partition coefficient (Wildman–Crippen LogP) is 3.82. The lowest BCUT2D eigenvalue weighted by atomic mass is 10.2. The fourth-order valence-corrected chi connectivity index (χ4v) is 4.07. The molecule has 0 aliphatic carbocycles. The van der Waals surface area contributed by atoms with Crippen molar-refractivity contribution in [2.24, 2.45) is 0 Å². The van der Waals surface area contributed by atoms with Crippen LogP contribution in [0.3, 0.4) is 0 Å². The molecule has 2 heterocycles. The number of anilines is 3. The molecular weight excluding hydrogens is 400 g/mol. The van der Waals surface area contributed by atoms with Gasteiger partial charge in [-0.2, -0.15) is 0 Å². The number of hydrogen-bond donors (Lipinski definition) is 2. The van der Waals surface area contributed by atoms with Crippen LogP contribution in [-0.2, 0) is 10.0 Å². The van der Waals surface area contributed by atoms with Gasteiger partial charge in [-0.15, -0.1) is 0 Å². The van der Waals surface area contributed by atoms with Gasteiger partial charge in [0.15, 0.2) is 0 Å². The van der Waals surface area contributed by atoms with E-state index in [-0.39, 0.29) is 4.90 Å². The summed E-state index contributed by atoms with van der Waals surface area (Å²) in [5.41, 5.74) is 2.12. The molecule has 2 N–H and O–H groups in total. The maximum atomic E-state index is 12.6. The molecule has 0 atom stereocenters. The Bertz CT molecular complexity index is 1270. The third-order valence-corrected chi connectivity index (χ3v) is 5.68. The molecule has 0 saturated carbocycles. The Morgan fingerprint density at radius 3 is 2.40 bits per heavy atom. The van der Waals surface area contributed by atoms with Gasteiger partial charge in [0.1, 0.15) is 23.8 Å². The molecule has 0 spiro atoms. The molecule has 9 heteroatoms. The Labute approximate surface area is 174 Å². The number of hydrogen-bond acceptors (Lipinski definition) is 6. The third kappa shape index (κ3) is 4.47. The van der Waals surface area contributed by atoms with Crippen molar-refractivity contribution in [2.75, 3.05) is 10.0 Å². The molecule has 30 heavy (non-hydrogen) atoms. The first-order valence-corrected chi connectivity index (χ1v) is 10.7. The zero-order valence-corrected chi connectivity index (χ0v) is 17.3. The summed E-state index contributed by atoms with van der Waals surface area (Å²) < 4.78 is 29.5. The van der Waals surface area contributed by atoms with Crippen LogP contribution in [0.2, 0.25) is 0 Å². The lowest BCUT2D eigenvalue weighted by molar-refractivity contribution is 0.601. The monoisotopic (exact) mass is 420 g/mol. The van der Waals surface area contributed by atoms with Crippen molar-refractivity contribution in [1.29, 1.82) is 0 Å². The highest BCUT2D eigenvalue weighted by Gasteiger charge is 2.14. The molecule has 0 saturated heterocycles. The van der Waals surface area contributed by atoms with E-state index in [4.69, 9.17) is 0 Å². The number of benzene rings is 2. The van der Waals surface area contributed by atoms with Crippen LogP contribution in [0.1, 0.15) is 11.4 Å². The molecule has 2 aromatic carbocycles. The Balaban J connectivity index is 1.51. The summed E-state index contributed by atoms with van der Waals surface area (Å²) in [6, 6.07) is 15.5. The fourth-order valence-electron chi connectivity index (χ4n) is 2.91. The first-order valence-electron chi connectivity index (χ1n) is 9.20. The molecule has 4 aromatic rings. The summed E-state index contributed by atoms with van der Waals surface area (Å²) in [7, 11) is -3.64. The summed E-state index contributed by atoms with van der Waals surface area (Å²) in [5, 5.41) is 3.21. The Morgan fingerprint density at radius 2 is 1.70 bits per heavy atom. The van der Waals surface area contributed by atoms with Gasteiger partial charge in [-0.05, 0) is 55.8 Å². The number of nitrogens with zero attached hydrogens (tertiary/aromatic N) is 4. The lowest BCUT2D eigenvalue weighted by Gasteiger charge is -2.11. The van der Waals surface area contributed by atoms with Crippen LogP contribution in [0, 0.1) is 13.8 Å². The largest absolute Gasteiger partial charge is 0.340 e. The summed E-state index contributed by atoms with van der Waals surface area (Å²) in [4.78, 5) is 13.1. The molecule has 0 aliphatic rings. The minimum atomic E-state index is -3.64. The van der Waals surface area contributed by atoms with E-state index in [1.54, 1.807) is 65.8 Å². The van der Waals surface area contributed by atoms with Crippen LogP contribution in [0.5, 0.6) is 0 Å². The molecule has 0 aliphatic heterocycles. The Morgan fingerprint density at radius 1 is 0.933 bits per heavy atom. The van der Waals surface area contributed by atoms with E-state index < -0.39 is 10.0 Å². The van der Waals surface area contributed by atoms with E-state index in [0.29, 0.717) is 23.1 Å². The van der Waals surface area contributed by atoms with Gasteiger partial charge in [-0.3, -0.25) is 9.29 Å². The summed E-state index contributed by atoms with van der Waals surface area (Å²) in [6.45, 7) is 3.67. The average Bonchev–Trinajstić information content (AvgIpc) is 3.24. The van der Waals surface area contributed by atoms with Crippen molar-refractivity contribution in [3.8, 4) is 5.82 Å². The van der Waals surface area contributed by atoms with Crippen molar-refractivity contribution in [3.05, 3.63) is 84.7 Å². The molecule has 0 unspecified atom stereocenters. The molecule has 0 fully saturated rings. The maximum Gasteiger partial charge on any atom is 0.261 e. The van der Waals surface area contributed by atoms with E-state index in [1.165, 1.54) is 0 Å². The minimum Gasteiger partial charge on any atom is -0.340 e. The normalized spacial score (nSPS) is 11.3. The molecule has 0 amide bonds. The van der Waals surface area contributed by atoms with Gasteiger partial charge < -0.3 is 5.32 Å². The quantitative estimate of drug-likeness (QED) is 0.492. The molecule has 2 aromatic heterocycles. The predicted molar refractivity (Wildman–Crippen MR) is 116 cm³/mol. The molecule has 4 rings (SSSR count). The second-order valence-corrected chi connectivity index (χ2v) is 8.44. The molecule has 0 bridgehead atoms. The van der Waals surface area contributed by atoms with Gasteiger partial charge in [-0.1, -0.05) is 12.1 Å². The van der Waals surface area contributed by atoms with Gasteiger partial charge in [-0.25, -0.2) is 23.4 Å². The maximum absolute atomic E-state index is 12.6. The van der Waals surface area contributed by atoms with E-state index in [1.807, 2.05) is 26.0 Å². The van der Waals surface area contributed by atoms with Crippen LogP contribution in [-0.4, -0.2) is 27.9 Å². The number of rotatable bonds is 6.